The molecule has 13 heavy (non-hydrogen) atoms. The summed E-state index contributed by atoms with van der Waals surface area (Å²) < 4.78 is 13.6. The van der Waals surface area contributed by atoms with Crippen LogP contribution in [0.25, 0.3) is 6.08 Å². The van der Waals surface area contributed by atoms with Crippen molar-refractivity contribution in [3.63, 3.8) is 0 Å². The van der Waals surface area contributed by atoms with Gasteiger partial charge in [0.15, 0.2) is 0 Å². The molecular weight excluding hydrogens is 235 g/mol. The summed E-state index contributed by atoms with van der Waals surface area (Å²) in [5.74, 6) is -0.286. The Bertz CT molecular complexity index is 313. The van der Waals surface area contributed by atoms with Crippen LogP contribution in [0.1, 0.15) is 12.5 Å². The molecule has 0 saturated carbocycles. The molecular formula is C10H10BrFO. The second-order valence-corrected chi connectivity index (χ2v) is 3.77. The van der Waals surface area contributed by atoms with Gasteiger partial charge in [0.25, 0.3) is 0 Å². The molecule has 0 aliphatic rings. The molecule has 0 atom stereocenters. The van der Waals surface area contributed by atoms with E-state index in [-0.39, 0.29) is 12.4 Å². The minimum atomic E-state index is -0.286. The SMILES string of the molecule is C/C(=C/c1cc(F)cc(Br)c1)CO. The third-order valence-corrected chi connectivity index (χ3v) is 2.01. The van der Waals surface area contributed by atoms with E-state index in [1.54, 1.807) is 19.1 Å². The highest BCUT2D eigenvalue weighted by atomic mass is 79.9. The molecule has 3 heteroatoms. The van der Waals surface area contributed by atoms with E-state index in [1.807, 2.05) is 0 Å². The van der Waals surface area contributed by atoms with Gasteiger partial charge in [0, 0.05) is 4.47 Å². The van der Waals surface area contributed by atoms with Gasteiger partial charge in [-0.1, -0.05) is 22.0 Å². The predicted octanol–water partition coefficient (Wildman–Crippen LogP) is 2.98. The maximum absolute atomic E-state index is 12.9. The van der Waals surface area contributed by atoms with Gasteiger partial charge in [-0.25, -0.2) is 4.39 Å². The van der Waals surface area contributed by atoms with Crippen molar-refractivity contribution in [2.45, 2.75) is 6.92 Å². The van der Waals surface area contributed by atoms with E-state index in [2.05, 4.69) is 15.9 Å². The van der Waals surface area contributed by atoms with Gasteiger partial charge in [-0.05, 0) is 36.3 Å². The monoisotopic (exact) mass is 244 g/mol. The van der Waals surface area contributed by atoms with Gasteiger partial charge in [-0.15, -0.1) is 0 Å². The van der Waals surface area contributed by atoms with Crippen LogP contribution >= 0.6 is 15.9 Å². The van der Waals surface area contributed by atoms with Crippen LogP contribution in [0, 0.1) is 5.82 Å². The van der Waals surface area contributed by atoms with E-state index in [9.17, 15) is 4.39 Å². The molecule has 1 N–H and O–H groups in total. The van der Waals surface area contributed by atoms with E-state index in [0.29, 0.717) is 4.47 Å². The Morgan fingerprint density at radius 3 is 2.77 bits per heavy atom. The number of halogens is 2. The second kappa shape index (κ2) is 4.53. The van der Waals surface area contributed by atoms with Crippen LogP contribution in [-0.4, -0.2) is 11.7 Å². The summed E-state index contributed by atoms with van der Waals surface area (Å²) in [6, 6.07) is 4.61. The summed E-state index contributed by atoms with van der Waals surface area (Å²) in [4.78, 5) is 0. The largest absolute Gasteiger partial charge is 0.392 e. The normalized spacial score (nSPS) is 11.8. The van der Waals surface area contributed by atoms with Crippen molar-refractivity contribution in [1.82, 2.24) is 0 Å². The number of rotatable bonds is 2. The Hall–Kier alpha value is -0.670. The topological polar surface area (TPSA) is 20.2 Å². The quantitative estimate of drug-likeness (QED) is 0.849. The zero-order valence-corrected chi connectivity index (χ0v) is 8.81. The van der Waals surface area contributed by atoms with Crippen LogP contribution in [0.2, 0.25) is 0 Å². The lowest BCUT2D eigenvalue weighted by molar-refractivity contribution is 0.332. The van der Waals surface area contributed by atoms with Crippen LogP contribution in [0.5, 0.6) is 0 Å². The molecule has 0 fully saturated rings. The maximum Gasteiger partial charge on any atom is 0.124 e. The first kappa shape index (κ1) is 10.4. The van der Waals surface area contributed by atoms with Gasteiger partial charge in [0.1, 0.15) is 5.82 Å². The van der Waals surface area contributed by atoms with Crippen LogP contribution in [0.15, 0.2) is 28.2 Å². The fourth-order valence-electron chi connectivity index (χ4n) is 0.989. The molecule has 0 spiro atoms. The predicted molar refractivity (Wildman–Crippen MR) is 54.8 cm³/mol. The molecule has 0 aliphatic carbocycles. The molecule has 0 radical (unpaired) electrons. The maximum atomic E-state index is 12.9. The standard InChI is InChI=1S/C10H10BrFO/c1-7(6-13)2-8-3-9(11)5-10(12)4-8/h2-5,13H,6H2,1H3/b7-2-. The van der Waals surface area contributed by atoms with Gasteiger partial charge in [-0.3, -0.25) is 0 Å². The van der Waals surface area contributed by atoms with Crippen molar-refractivity contribution in [3.8, 4) is 0 Å². The smallest absolute Gasteiger partial charge is 0.124 e. The molecule has 0 amide bonds. The highest BCUT2D eigenvalue weighted by Gasteiger charge is 1.96. The molecule has 70 valence electrons. The lowest BCUT2D eigenvalue weighted by atomic mass is 10.1. The van der Waals surface area contributed by atoms with Gasteiger partial charge in [-0.2, -0.15) is 0 Å². The number of aliphatic hydroxyl groups excluding tert-OH is 1. The highest BCUT2D eigenvalue weighted by molar-refractivity contribution is 9.10. The van der Waals surface area contributed by atoms with Gasteiger partial charge in [0.2, 0.25) is 0 Å². The fraction of sp³-hybridized carbons (Fsp3) is 0.200. The third kappa shape index (κ3) is 3.28. The first-order valence-corrected chi connectivity index (χ1v) is 4.65. The third-order valence-electron chi connectivity index (χ3n) is 1.55. The molecule has 0 bridgehead atoms. The molecule has 0 aliphatic heterocycles. The van der Waals surface area contributed by atoms with E-state index >= 15 is 0 Å². The van der Waals surface area contributed by atoms with Crippen LogP contribution in [0.4, 0.5) is 4.39 Å². The summed E-state index contributed by atoms with van der Waals surface area (Å²) in [6.07, 6.45) is 1.74. The first-order valence-electron chi connectivity index (χ1n) is 3.86. The lowest BCUT2D eigenvalue weighted by Gasteiger charge is -1.98. The molecule has 0 heterocycles. The molecule has 0 unspecified atom stereocenters. The van der Waals surface area contributed by atoms with Crippen molar-refractivity contribution in [3.05, 3.63) is 39.6 Å². The Morgan fingerprint density at radius 2 is 2.23 bits per heavy atom. The zero-order valence-electron chi connectivity index (χ0n) is 7.22. The van der Waals surface area contributed by atoms with Gasteiger partial charge >= 0.3 is 0 Å². The molecule has 1 aromatic rings. The van der Waals surface area contributed by atoms with Crippen molar-refractivity contribution in [2.24, 2.45) is 0 Å². The molecule has 1 rings (SSSR count). The Balaban J connectivity index is 3.02. The summed E-state index contributed by atoms with van der Waals surface area (Å²) in [6.45, 7) is 1.78. The molecule has 0 aromatic heterocycles. The fourth-order valence-corrected chi connectivity index (χ4v) is 1.47. The Labute approximate surface area is 85.0 Å². The Kier molecular flexibility index (Phi) is 3.63. The van der Waals surface area contributed by atoms with Crippen LogP contribution in [-0.2, 0) is 0 Å². The molecule has 1 aromatic carbocycles. The van der Waals surface area contributed by atoms with E-state index in [1.165, 1.54) is 12.1 Å². The van der Waals surface area contributed by atoms with Crippen molar-refractivity contribution in [2.75, 3.05) is 6.61 Å². The van der Waals surface area contributed by atoms with Gasteiger partial charge in [0.05, 0.1) is 6.61 Å². The summed E-state index contributed by atoms with van der Waals surface area (Å²) in [5, 5.41) is 8.76. The zero-order chi connectivity index (χ0) is 9.84. The summed E-state index contributed by atoms with van der Waals surface area (Å²) in [5.41, 5.74) is 1.55. The highest BCUT2D eigenvalue weighted by Crippen LogP contribution is 2.16. The number of aliphatic hydroxyl groups is 1. The Morgan fingerprint density at radius 1 is 1.54 bits per heavy atom. The van der Waals surface area contributed by atoms with E-state index in [4.69, 9.17) is 5.11 Å². The summed E-state index contributed by atoms with van der Waals surface area (Å²) in [7, 11) is 0. The minimum Gasteiger partial charge on any atom is -0.392 e. The van der Waals surface area contributed by atoms with E-state index in [0.717, 1.165) is 11.1 Å². The molecule has 1 nitrogen and oxygen atoms in total. The van der Waals surface area contributed by atoms with E-state index < -0.39 is 0 Å². The van der Waals surface area contributed by atoms with Crippen LogP contribution in [0.3, 0.4) is 0 Å². The average Bonchev–Trinajstić information content (AvgIpc) is 2.02. The average molecular weight is 245 g/mol. The minimum absolute atomic E-state index is 0.00582. The summed E-state index contributed by atoms with van der Waals surface area (Å²) >= 11 is 3.19. The number of hydrogen-bond donors (Lipinski definition) is 1. The van der Waals surface area contributed by atoms with Crippen molar-refractivity contribution >= 4 is 22.0 Å². The number of benzene rings is 1. The van der Waals surface area contributed by atoms with Crippen LogP contribution < -0.4 is 0 Å². The molecule has 0 saturated heterocycles. The first-order chi connectivity index (χ1) is 6.11. The van der Waals surface area contributed by atoms with Gasteiger partial charge < -0.3 is 5.11 Å². The number of hydrogen-bond acceptors (Lipinski definition) is 1. The lowest BCUT2D eigenvalue weighted by Crippen LogP contribution is -1.85. The van der Waals surface area contributed by atoms with Crippen molar-refractivity contribution in [1.29, 1.82) is 0 Å². The van der Waals surface area contributed by atoms with Crippen molar-refractivity contribution < 1.29 is 9.50 Å². The second-order valence-electron chi connectivity index (χ2n) is 2.85.